The quantitative estimate of drug-likeness (QED) is 0.615. The van der Waals surface area contributed by atoms with E-state index in [4.69, 9.17) is 15.2 Å². The summed E-state index contributed by atoms with van der Waals surface area (Å²) in [5.41, 5.74) is 5.44. The molecule has 1 rings (SSSR count). The third-order valence-electron chi connectivity index (χ3n) is 2.43. The Kier molecular flexibility index (Phi) is 4.55. The minimum Gasteiger partial charge on any atom is -0.497 e. The van der Waals surface area contributed by atoms with Crippen molar-refractivity contribution in [1.29, 1.82) is 0 Å². The number of ether oxygens (including phenoxy) is 2. The first kappa shape index (κ1) is 14.3. The third kappa shape index (κ3) is 4.25. The number of benzene rings is 1. The zero-order chi connectivity index (χ0) is 13.8. The number of hydrogen-bond donors (Lipinski definition) is 2. The van der Waals surface area contributed by atoms with E-state index in [1.54, 1.807) is 26.0 Å². The number of carbonyl (C=O) groups excluding carboxylic acids is 1. The molecule has 0 aliphatic heterocycles. The van der Waals surface area contributed by atoms with Crippen LogP contribution >= 0.6 is 0 Å². The van der Waals surface area contributed by atoms with Crippen molar-refractivity contribution in [3.8, 4) is 5.75 Å². The van der Waals surface area contributed by atoms with Gasteiger partial charge < -0.3 is 20.3 Å². The molecule has 0 radical (unpaired) electrons. The van der Waals surface area contributed by atoms with E-state index in [1.165, 1.54) is 13.2 Å². The van der Waals surface area contributed by atoms with Crippen LogP contribution in [0.4, 0.5) is 5.69 Å². The maximum Gasteiger partial charge on any atom is 0.340 e. The first-order valence-electron chi connectivity index (χ1n) is 5.66. The van der Waals surface area contributed by atoms with Crippen LogP contribution in [0.2, 0.25) is 0 Å². The highest BCUT2D eigenvalue weighted by molar-refractivity contribution is 5.95. The van der Waals surface area contributed by atoms with Crippen molar-refractivity contribution in [3.63, 3.8) is 0 Å². The fraction of sp³-hybridized carbons (Fsp3) is 0.462. The zero-order valence-electron chi connectivity index (χ0n) is 10.9. The molecule has 100 valence electrons. The van der Waals surface area contributed by atoms with Crippen LogP contribution in [0.5, 0.6) is 5.75 Å². The van der Waals surface area contributed by atoms with Gasteiger partial charge in [-0.15, -0.1) is 0 Å². The molecule has 0 atom stereocenters. The van der Waals surface area contributed by atoms with Crippen molar-refractivity contribution >= 4 is 11.7 Å². The fourth-order valence-electron chi connectivity index (χ4n) is 1.31. The average molecular weight is 253 g/mol. The summed E-state index contributed by atoms with van der Waals surface area (Å²) in [6, 6.07) is 4.79. The van der Waals surface area contributed by atoms with Crippen molar-refractivity contribution in [1.82, 2.24) is 0 Å². The predicted octanol–water partition coefficient (Wildman–Crippen LogP) is 1.60. The Morgan fingerprint density at radius 2 is 2.11 bits per heavy atom. The smallest absolute Gasteiger partial charge is 0.340 e. The molecule has 0 bridgehead atoms. The van der Waals surface area contributed by atoms with Crippen LogP contribution < -0.4 is 10.5 Å². The van der Waals surface area contributed by atoms with E-state index in [-0.39, 0.29) is 12.2 Å². The molecule has 0 aliphatic rings. The topological polar surface area (TPSA) is 81.8 Å². The van der Waals surface area contributed by atoms with E-state index in [9.17, 15) is 9.90 Å². The number of methoxy groups -OCH3 is 1. The predicted molar refractivity (Wildman–Crippen MR) is 68.6 cm³/mol. The summed E-state index contributed by atoms with van der Waals surface area (Å²) < 4.78 is 10.1. The fourth-order valence-corrected chi connectivity index (χ4v) is 1.31. The number of carbonyl (C=O) groups is 1. The lowest BCUT2D eigenvalue weighted by molar-refractivity contribution is 0.0245. The Labute approximate surface area is 107 Å². The molecular formula is C13H19NO4. The molecule has 0 saturated carbocycles. The van der Waals surface area contributed by atoms with Crippen molar-refractivity contribution in [2.45, 2.75) is 25.9 Å². The minimum absolute atomic E-state index is 0.138. The molecule has 1 aromatic rings. The number of anilines is 1. The zero-order valence-corrected chi connectivity index (χ0v) is 10.9. The van der Waals surface area contributed by atoms with Gasteiger partial charge in [-0.25, -0.2) is 4.79 Å². The highest BCUT2D eigenvalue weighted by atomic mass is 16.5. The van der Waals surface area contributed by atoms with Crippen LogP contribution in [0.1, 0.15) is 30.6 Å². The van der Waals surface area contributed by atoms with E-state index in [0.29, 0.717) is 17.9 Å². The summed E-state index contributed by atoms with van der Waals surface area (Å²) in [5, 5.41) is 9.50. The standard InChI is InChI=1S/C13H19NO4/c1-13(2,16)6-7-18-12(15)10-8-9(17-3)4-5-11(10)14/h4-5,8,16H,6-7,14H2,1-3H3. The van der Waals surface area contributed by atoms with Gasteiger partial charge in [0.2, 0.25) is 0 Å². The number of esters is 1. The van der Waals surface area contributed by atoms with Crippen LogP contribution in [-0.2, 0) is 4.74 Å². The van der Waals surface area contributed by atoms with Crippen LogP contribution in [0.25, 0.3) is 0 Å². The molecule has 0 aromatic heterocycles. The molecule has 0 fully saturated rings. The normalized spacial score (nSPS) is 11.1. The van der Waals surface area contributed by atoms with Gasteiger partial charge in [-0.1, -0.05) is 0 Å². The van der Waals surface area contributed by atoms with Gasteiger partial charge in [0.1, 0.15) is 5.75 Å². The van der Waals surface area contributed by atoms with E-state index in [2.05, 4.69) is 0 Å². The lowest BCUT2D eigenvalue weighted by Gasteiger charge is -2.16. The second kappa shape index (κ2) is 5.73. The number of rotatable bonds is 5. The van der Waals surface area contributed by atoms with E-state index >= 15 is 0 Å². The van der Waals surface area contributed by atoms with Crippen LogP contribution in [0.3, 0.4) is 0 Å². The molecule has 1 aromatic carbocycles. The molecule has 3 N–H and O–H groups in total. The van der Waals surface area contributed by atoms with Gasteiger partial charge in [0.15, 0.2) is 0 Å². The van der Waals surface area contributed by atoms with E-state index < -0.39 is 11.6 Å². The monoisotopic (exact) mass is 253 g/mol. The molecule has 0 unspecified atom stereocenters. The lowest BCUT2D eigenvalue weighted by atomic mass is 10.1. The summed E-state index contributed by atoms with van der Waals surface area (Å²) in [6.45, 7) is 3.44. The van der Waals surface area contributed by atoms with Gasteiger partial charge in [0, 0.05) is 12.1 Å². The molecule has 0 amide bonds. The largest absolute Gasteiger partial charge is 0.497 e. The average Bonchev–Trinajstić information content (AvgIpc) is 2.27. The highest BCUT2D eigenvalue weighted by Crippen LogP contribution is 2.20. The summed E-state index contributed by atoms with van der Waals surface area (Å²) in [5.74, 6) is 0.0225. The number of nitrogen functional groups attached to an aromatic ring is 1. The first-order valence-corrected chi connectivity index (χ1v) is 5.66. The summed E-state index contributed by atoms with van der Waals surface area (Å²) in [7, 11) is 1.51. The summed E-state index contributed by atoms with van der Waals surface area (Å²) in [6.07, 6.45) is 0.364. The van der Waals surface area contributed by atoms with Crippen molar-refractivity contribution in [2.75, 3.05) is 19.5 Å². The SMILES string of the molecule is COc1ccc(N)c(C(=O)OCCC(C)(C)O)c1. The third-order valence-corrected chi connectivity index (χ3v) is 2.43. The molecule has 0 saturated heterocycles. The first-order chi connectivity index (χ1) is 8.33. The molecule has 0 aliphatic carbocycles. The Balaban J connectivity index is 2.66. The summed E-state index contributed by atoms with van der Waals surface area (Å²) in [4.78, 5) is 11.8. The maximum absolute atomic E-state index is 11.8. The number of aliphatic hydroxyl groups is 1. The molecular weight excluding hydrogens is 234 g/mol. The molecule has 18 heavy (non-hydrogen) atoms. The highest BCUT2D eigenvalue weighted by Gasteiger charge is 2.16. The van der Waals surface area contributed by atoms with E-state index in [0.717, 1.165) is 0 Å². The van der Waals surface area contributed by atoms with Gasteiger partial charge >= 0.3 is 5.97 Å². The van der Waals surface area contributed by atoms with Crippen LogP contribution in [0, 0.1) is 0 Å². The number of hydrogen-bond acceptors (Lipinski definition) is 5. The Morgan fingerprint density at radius 3 is 2.67 bits per heavy atom. The maximum atomic E-state index is 11.8. The van der Waals surface area contributed by atoms with E-state index in [1.807, 2.05) is 0 Å². The van der Waals surface area contributed by atoms with Crippen LogP contribution in [-0.4, -0.2) is 30.4 Å². The second-order valence-electron chi connectivity index (χ2n) is 4.65. The van der Waals surface area contributed by atoms with Gasteiger partial charge in [0.25, 0.3) is 0 Å². The lowest BCUT2D eigenvalue weighted by Crippen LogP contribution is -2.22. The Hall–Kier alpha value is -1.75. The van der Waals surface area contributed by atoms with Crippen molar-refractivity contribution in [3.05, 3.63) is 23.8 Å². The van der Waals surface area contributed by atoms with Gasteiger partial charge in [-0.3, -0.25) is 0 Å². The molecule has 5 heteroatoms. The Morgan fingerprint density at radius 1 is 1.44 bits per heavy atom. The van der Waals surface area contributed by atoms with Crippen molar-refractivity contribution in [2.24, 2.45) is 0 Å². The van der Waals surface area contributed by atoms with Gasteiger partial charge in [-0.05, 0) is 32.0 Å². The minimum atomic E-state index is -0.861. The van der Waals surface area contributed by atoms with Gasteiger partial charge in [0.05, 0.1) is 24.9 Å². The Bertz CT molecular complexity index is 423. The summed E-state index contributed by atoms with van der Waals surface area (Å²) >= 11 is 0. The second-order valence-corrected chi connectivity index (χ2v) is 4.65. The van der Waals surface area contributed by atoms with Crippen molar-refractivity contribution < 1.29 is 19.4 Å². The molecule has 5 nitrogen and oxygen atoms in total. The van der Waals surface area contributed by atoms with Gasteiger partial charge in [-0.2, -0.15) is 0 Å². The van der Waals surface area contributed by atoms with Crippen LogP contribution in [0.15, 0.2) is 18.2 Å². The molecule has 0 heterocycles. The molecule has 0 spiro atoms. The number of nitrogens with two attached hydrogens (primary N) is 1.